The minimum Gasteiger partial charge on any atom is -0.477 e. The fourth-order valence-electron chi connectivity index (χ4n) is 1.65. The minimum absolute atomic E-state index is 0.0451. The predicted molar refractivity (Wildman–Crippen MR) is 63.1 cm³/mol. The van der Waals surface area contributed by atoms with Gasteiger partial charge in [0.2, 0.25) is 6.10 Å². The molecule has 1 rings (SSSR count). The molecule has 7 nitrogen and oxygen atoms in total. The maximum Gasteiger partial charge on any atom is 0.353 e. The van der Waals surface area contributed by atoms with Gasteiger partial charge >= 0.3 is 5.97 Å². The number of nitrogens with zero attached hydrogens (tertiary/aromatic N) is 2. The zero-order chi connectivity index (χ0) is 13.9. The lowest BCUT2D eigenvalue weighted by molar-refractivity contribution is -0.144. The Morgan fingerprint density at radius 3 is 2.56 bits per heavy atom. The summed E-state index contributed by atoms with van der Waals surface area (Å²) >= 11 is 0. The number of hydrogen-bond acceptors (Lipinski definition) is 5. The Balaban J connectivity index is 2.62. The van der Waals surface area contributed by atoms with Gasteiger partial charge in [-0.2, -0.15) is 0 Å². The number of rotatable bonds is 5. The monoisotopic (exact) mass is 258 g/mol. The summed E-state index contributed by atoms with van der Waals surface area (Å²) in [5.74, 6) is -1.55. The minimum atomic E-state index is -1.18. The SMILES string of the molecule is CCN(CC(C)(C)O)C(=O)C1CC(C(=O)O)=NO1. The van der Waals surface area contributed by atoms with E-state index in [1.165, 1.54) is 4.90 Å². The van der Waals surface area contributed by atoms with E-state index in [-0.39, 0.29) is 24.6 Å². The molecule has 0 saturated carbocycles. The summed E-state index contributed by atoms with van der Waals surface area (Å²) in [5.41, 5.74) is -1.17. The molecule has 0 saturated heterocycles. The normalized spacial score (nSPS) is 19.1. The van der Waals surface area contributed by atoms with Crippen molar-refractivity contribution >= 4 is 17.6 Å². The Morgan fingerprint density at radius 1 is 1.56 bits per heavy atom. The highest BCUT2D eigenvalue weighted by Crippen LogP contribution is 2.15. The summed E-state index contributed by atoms with van der Waals surface area (Å²) in [6.45, 7) is 5.53. The van der Waals surface area contributed by atoms with Gasteiger partial charge in [0, 0.05) is 19.5 Å². The van der Waals surface area contributed by atoms with Gasteiger partial charge in [0.1, 0.15) is 0 Å². The Labute approximate surface area is 105 Å². The Bertz CT molecular complexity index is 372. The molecular formula is C11H18N2O5. The number of hydrogen-bond donors (Lipinski definition) is 2. The largest absolute Gasteiger partial charge is 0.477 e. The van der Waals surface area contributed by atoms with Crippen LogP contribution in [0.4, 0.5) is 0 Å². The molecule has 0 aliphatic carbocycles. The van der Waals surface area contributed by atoms with Gasteiger partial charge in [-0.05, 0) is 20.8 Å². The van der Waals surface area contributed by atoms with Crippen molar-refractivity contribution in [3.8, 4) is 0 Å². The third-order valence-corrected chi connectivity index (χ3v) is 2.46. The highest BCUT2D eigenvalue weighted by Gasteiger charge is 2.35. The number of amides is 1. The molecule has 7 heteroatoms. The fourth-order valence-corrected chi connectivity index (χ4v) is 1.65. The van der Waals surface area contributed by atoms with E-state index in [0.717, 1.165) is 0 Å². The van der Waals surface area contributed by atoms with Crippen molar-refractivity contribution in [1.82, 2.24) is 4.90 Å². The van der Waals surface area contributed by atoms with Crippen molar-refractivity contribution in [2.24, 2.45) is 5.16 Å². The molecule has 2 N–H and O–H groups in total. The molecule has 1 aliphatic rings. The van der Waals surface area contributed by atoms with Crippen LogP contribution in [0, 0.1) is 0 Å². The van der Waals surface area contributed by atoms with Gasteiger partial charge in [0.15, 0.2) is 5.71 Å². The summed E-state index contributed by atoms with van der Waals surface area (Å²) in [6.07, 6.45) is -0.949. The molecule has 0 aromatic carbocycles. The van der Waals surface area contributed by atoms with Gasteiger partial charge in [-0.15, -0.1) is 0 Å². The van der Waals surface area contributed by atoms with Crippen molar-refractivity contribution in [2.45, 2.75) is 38.9 Å². The molecule has 0 aromatic rings. The molecule has 0 spiro atoms. The number of aliphatic carboxylic acids is 1. The zero-order valence-corrected chi connectivity index (χ0v) is 10.7. The first-order valence-corrected chi connectivity index (χ1v) is 5.71. The number of carboxylic acids is 1. The van der Waals surface area contributed by atoms with Crippen LogP contribution >= 0.6 is 0 Å². The van der Waals surface area contributed by atoms with Crippen LogP contribution < -0.4 is 0 Å². The first-order chi connectivity index (χ1) is 8.24. The maximum absolute atomic E-state index is 12.0. The molecule has 0 aromatic heterocycles. The van der Waals surface area contributed by atoms with Crippen LogP contribution in [0.25, 0.3) is 0 Å². The number of likely N-dealkylation sites (N-methyl/N-ethyl adjacent to an activating group) is 1. The molecule has 1 atom stereocenters. The lowest BCUT2D eigenvalue weighted by atomic mass is 10.1. The van der Waals surface area contributed by atoms with Gasteiger partial charge in [-0.25, -0.2) is 4.79 Å². The lowest BCUT2D eigenvalue weighted by Gasteiger charge is -2.29. The van der Waals surface area contributed by atoms with Crippen LogP contribution in [0.15, 0.2) is 5.16 Å². The predicted octanol–water partition coefficient (Wildman–Crippen LogP) is -0.165. The Hall–Kier alpha value is -1.63. The smallest absolute Gasteiger partial charge is 0.353 e. The number of oxime groups is 1. The van der Waals surface area contributed by atoms with Crippen molar-refractivity contribution in [3.63, 3.8) is 0 Å². The molecule has 0 fully saturated rings. The van der Waals surface area contributed by atoms with Crippen molar-refractivity contribution < 1.29 is 24.6 Å². The molecular weight excluding hydrogens is 240 g/mol. The second kappa shape index (κ2) is 5.34. The first kappa shape index (κ1) is 14.4. The van der Waals surface area contributed by atoms with E-state index in [1.807, 2.05) is 0 Å². The fraction of sp³-hybridized carbons (Fsp3) is 0.727. The van der Waals surface area contributed by atoms with Gasteiger partial charge in [0.25, 0.3) is 5.91 Å². The quantitative estimate of drug-likeness (QED) is 0.713. The summed E-state index contributed by atoms with van der Waals surface area (Å²) in [7, 11) is 0. The summed E-state index contributed by atoms with van der Waals surface area (Å²) in [5, 5.41) is 21.8. The second-order valence-corrected chi connectivity index (χ2v) is 4.81. The Morgan fingerprint density at radius 2 is 2.17 bits per heavy atom. The number of carboxylic acid groups (broad SMARTS) is 1. The third-order valence-electron chi connectivity index (χ3n) is 2.46. The zero-order valence-electron chi connectivity index (χ0n) is 10.7. The Kier molecular flexibility index (Phi) is 4.28. The topological polar surface area (TPSA) is 99.4 Å². The molecule has 1 aliphatic heterocycles. The molecule has 102 valence electrons. The molecule has 1 amide bonds. The summed E-state index contributed by atoms with van der Waals surface area (Å²) in [4.78, 5) is 29.0. The van der Waals surface area contributed by atoms with Crippen LogP contribution in [0.5, 0.6) is 0 Å². The van der Waals surface area contributed by atoms with E-state index in [4.69, 9.17) is 9.94 Å². The highest BCUT2D eigenvalue weighted by atomic mass is 16.6. The molecule has 1 unspecified atom stereocenters. The van der Waals surface area contributed by atoms with Crippen LogP contribution in [-0.2, 0) is 14.4 Å². The van der Waals surface area contributed by atoms with Crippen LogP contribution in [0.2, 0.25) is 0 Å². The highest BCUT2D eigenvalue weighted by molar-refractivity contribution is 6.36. The van der Waals surface area contributed by atoms with E-state index in [2.05, 4.69) is 5.16 Å². The average Bonchev–Trinajstić information content (AvgIpc) is 2.72. The van der Waals surface area contributed by atoms with Gasteiger partial charge < -0.3 is 20.0 Å². The van der Waals surface area contributed by atoms with Gasteiger partial charge in [-0.1, -0.05) is 5.16 Å². The first-order valence-electron chi connectivity index (χ1n) is 5.71. The van der Waals surface area contributed by atoms with Gasteiger partial charge in [-0.3, -0.25) is 4.79 Å². The molecule has 18 heavy (non-hydrogen) atoms. The lowest BCUT2D eigenvalue weighted by Crippen LogP contribution is -2.46. The maximum atomic E-state index is 12.0. The van der Waals surface area contributed by atoms with E-state index in [9.17, 15) is 14.7 Å². The molecule has 0 radical (unpaired) electrons. The van der Waals surface area contributed by atoms with Crippen LogP contribution in [-0.4, -0.2) is 57.5 Å². The van der Waals surface area contributed by atoms with Crippen LogP contribution in [0.3, 0.4) is 0 Å². The average molecular weight is 258 g/mol. The van der Waals surface area contributed by atoms with Crippen molar-refractivity contribution in [3.05, 3.63) is 0 Å². The number of carbonyl (C=O) groups is 2. The molecule has 0 bridgehead atoms. The van der Waals surface area contributed by atoms with Crippen LogP contribution in [0.1, 0.15) is 27.2 Å². The van der Waals surface area contributed by atoms with E-state index < -0.39 is 17.7 Å². The van der Waals surface area contributed by atoms with E-state index in [1.54, 1.807) is 20.8 Å². The summed E-state index contributed by atoms with van der Waals surface area (Å²) in [6, 6.07) is 0. The van der Waals surface area contributed by atoms with Gasteiger partial charge in [0.05, 0.1) is 5.60 Å². The summed E-state index contributed by atoms with van der Waals surface area (Å²) < 4.78 is 0. The third kappa shape index (κ3) is 3.69. The number of aliphatic hydroxyl groups is 1. The van der Waals surface area contributed by atoms with E-state index in [0.29, 0.717) is 6.54 Å². The van der Waals surface area contributed by atoms with E-state index >= 15 is 0 Å². The van der Waals surface area contributed by atoms with Crippen molar-refractivity contribution in [2.75, 3.05) is 13.1 Å². The number of carbonyl (C=O) groups excluding carboxylic acids is 1. The second-order valence-electron chi connectivity index (χ2n) is 4.81. The van der Waals surface area contributed by atoms with Crippen molar-refractivity contribution in [1.29, 1.82) is 0 Å². The standard InChI is InChI=1S/C11H18N2O5/c1-4-13(6-11(2,3)17)9(14)8-5-7(10(15)16)12-18-8/h8,17H,4-6H2,1-3H3,(H,15,16). The molecule has 1 heterocycles.